The van der Waals surface area contributed by atoms with Crippen molar-refractivity contribution in [3.05, 3.63) is 70.3 Å². The first-order chi connectivity index (χ1) is 19.6. The number of hydrogen-bond acceptors (Lipinski definition) is 5. The summed E-state index contributed by atoms with van der Waals surface area (Å²) in [5.41, 5.74) is 3.44. The molecule has 2 fully saturated rings. The van der Waals surface area contributed by atoms with Gasteiger partial charge in [-0.2, -0.15) is 0 Å². The summed E-state index contributed by atoms with van der Waals surface area (Å²) in [5, 5.41) is 21.2. The van der Waals surface area contributed by atoms with E-state index in [1.54, 1.807) is 24.1 Å². The number of amides is 3. The van der Waals surface area contributed by atoms with Crippen molar-refractivity contribution in [3.63, 3.8) is 0 Å². The van der Waals surface area contributed by atoms with Crippen LogP contribution in [0.1, 0.15) is 76.9 Å². The number of methoxy groups -OCH3 is 1. The summed E-state index contributed by atoms with van der Waals surface area (Å²) in [6.07, 6.45) is 2.16. The number of ether oxygens (including phenoxy) is 1. The third-order valence-corrected chi connectivity index (χ3v) is 9.74. The number of fused-ring (bicyclic) bond motifs is 4. The molecule has 6 rings (SSSR count). The summed E-state index contributed by atoms with van der Waals surface area (Å²) >= 11 is 0. The van der Waals surface area contributed by atoms with Crippen LogP contribution in [0.3, 0.4) is 0 Å². The average molecular weight is 562 g/mol. The predicted octanol–water partition coefficient (Wildman–Crippen LogP) is 3.67. The third-order valence-electron chi connectivity index (χ3n) is 9.74. The van der Waals surface area contributed by atoms with E-state index < -0.39 is 23.7 Å². The van der Waals surface area contributed by atoms with E-state index in [9.17, 15) is 24.6 Å². The molecule has 2 saturated heterocycles. The molecule has 9 nitrogen and oxygen atoms in total. The number of piperidine rings is 1. The van der Waals surface area contributed by atoms with Crippen LogP contribution in [-0.2, 0) is 23.1 Å². The zero-order valence-electron chi connectivity index (χ0n) is 24.0. The number of benzene rings is 2. The summed E-state index contributed by atoms with van der Waals surface area (Å²) in [4.78, 5) is 44.4. The monoisotopic (exact) mass is 561 g/mol. The van der Waals surface area contributed by atoms with Crippen LogP contribution in [0.25, 0.3) is 0 Å². The molecule has 41 heavy (non-hydrogen) atoms. The standard InChI is InChI=1S/C32H39N3O6/c1-32(2)18-33(17-28(36)27-13-19-6-4-5-7-21(19)16-34(27)31(39)40)30(38)25-11-8-20(12-26(25)32)29(37)35-22-9-10-23(35)15-24(14-22)41-3/h4-8,11-12,22-24,27-28,36H,9-10,13-18H2,1-3H3,(H,39,40)/t22-,23+,24?,27-,28-/m0/s1. The van der Waals surface area contributed by atoms with Crippen LogP contribution < -0.4 is 0 Å². The quantitative estimate of drug-likeness (QED) is 0.577. The lowest BCUT2D eigenvalue weighted by molar-refractivity contribution is 0.00808. The van der Waals surface area contributed by atoms with Crippen LogP contribution in [0, 0.1) is 0 Å². The van der Waals surface area contributed by atoms with E-state index in [2.05, 4.69) is 0 Å². The second-order valence-electron chi connectivity index (χ2n) is 12.8. The van der Waals surface area contributed by atoms with Crippen LogP contribution in [0.15, 0.2) is 42.5 Å². The predicted molar refractivity (Wildman–Crippen MR) is 152 cm³/mol. The Morgan fingerprint density at radius 2 is 1.76 bits per heavy atom. The lowest BCUT2D eigenvalue weighted by Gasteiger charge is -2.43. The highest BCUT2D eigenvalue weighted by Crippen LogP contribution is 2.39. The second kappa shape index (κ2) is 10.4. The molecule has 2 aromatic carbocycles. The maximum Gasteiger partial charge on any atom is 0.407 e. The highest BCUT2D eigenvalue weighted by Gasteiger charge is 2.45. The van der Waals surface area contributed by atoms with E-state index in [4.69, 9.17) is 4.74 Å². The number of aliphatic hydroxyl groups is 1. The molecule has 4 aliphatic rings. The van der Waals surface area contributed by atoms with Crippen molar-refractivity contribution in [3.8, 4) is 0 Å². The lowest BCUT2D eigenvalue weighted by Crippen LogP contribution is -2.56. The Kier molecular flexibility index (Phi) is 7.06. The van der Waals surface area contributed by atoms with E-state index in [-0.39, 0.29) is 43.1 Å². The fourth-order valence-corrected chi connectivity index (χ4v) is 7.62. The molecule has 0 radical (unpaired) electrons. The van der Waals surface area contributed by atoms with Crippen LogP contribution >= 0.6 is 0 Å². The summed E-state index contributed by atoms with van der Waals surface area (Å²) < 4.78 is 5.60. The van der Waals surface area contributed by atoms with Crippen LogP contribution in [0.2, 0.25) is 0 Å². The summed E-state index contributed by atoms with van der Waals surface area (Å²) in [5.74, 6) is -0.196. The fourth-order valence-electron chi connectivity index (χ4n) is 7.62. The maximum atomic E-state index is 13.7. The molecule has 9 heteroatoms. The molecule has 2 N–H and O–H groups in total. The summed E-state index contributed by atoms with van der Waals surface area (Å²) in [6, 6.07) is 12.8. The number of carboxylic acid groups (broad SMARTS) is 1. The molecule has 4 aliphatic heterocycles. The van der Waals surface area contributed by atoms with Crippen molar-refractivity contribution < 1.29 is 29.3 Å². The highest BCUT2D eigenvalue weighted by molar-refractivity contribution is 6.00. The Balaban J connectivity index is 1.21. The Hall–Kier alpha value is -3.43. The van der Waals surface area contributed by atoms with Gasteiger partial charge in [-0.15, -0.1) is 0 Å². The molecule has 4 heterocycles. The van der Waals surface area contributed by atoms with Crippen molar-refractivity contribution >= 4 is 17.9 Å². The lowest BCUT2D eigenvalue weighted by atomic mass is 9.77. The van der Waals surface area contributed by atoms with Gasteiger partial charge in [-0.3, -0.25) is 14.5 Å². The Morgan fingerprint density at radius 1 is 1.07 bits per heavy atom. The molecule has 3 amide bonds. The third kappa shape index (κ3) is 4.89. The van der Waals surface area contributed by atoms with Crippen LogP contribution in [0.4, 0.5) is 4.79 Å². The van der Waals surface area contributed by atoms with E-state index in [0.717, 1.165) is 42.4 Å². The number of carbonyl (C=O) groups excluding carboxylic acids is 2. The minimum Gasteiger partial charge on any atom is -0.465 e. The molecular weight excluding hydrogens is 522 g/mol. The molecule has 218 valence electrons. The van der Waals surface area contributed by atoms with Gasteiger partial charge in [-0.1, -0.05) is 38.1 Å². The molecule has 0 aliphatic carbocycles. The molecule has 0 saturated carbocycles. The fraction of sp³-hybridized carbons (Fsp3) is 0.531. The van der Waals surface area contributed by atoms with Crippen molar-refractivity contribution in [2.75, 3.05) is 20.2 Å². The number of carbonyl (C=O) groups is 3. The van der Waals surface area contributed by atoms with Gasteiger partial charge in [0, 0.05) is 55.4 Å². The van der Waals surface area contributed by atoms with Gasteiger partial charge >= 0.3 is 6.09 Å². The summed E-state index contributed by atoms with van der Waals surface area (Å²) in [6.45, 7) is 4.67. The highest BCUT2D eigenvalue weighted by atomic mass is 16.5. The van der Waals surface area contributed by atoms with E-state index in [1.165, 1.54) is 4.90 Å². The van der Waals surface area contributed by atoms with Crippen LogP contribution in [0.5, 0.6) is 0 Å². The van der Waals surface area contributed by atoms with Crippen LogP contribution in [-0.4, -0.2) is 93.4 Å². The summed E-state index contributed by atoms with van der Waals surface area (Å²) in [7, 11) is 1.74. The first-order valence-electron chi connectivity index (χ1n) is 14.6. The normalized spacial score (nSPS) is 27.3. The van der Waals surface area contributed by atoms with Gasteiger partial charge in [0.2, 0.25) is 0 Å². The number of β-amino-alcohol motifs (C(OH)–C–C–N with tert-alkyl or cyclic N) is 1. The number of aliphatic hydroxyl groups excluding tert-OH is 1. The van der Waals surface area contributed by atoms with Gasteiger partial charge in [0.15, 0.2) is 0 Å². The minimum absolute atomic E-state index is 0.0160. The molecule has 0 spiro atoms. The second-order valence-corrected chi connectivity index (χ2v) is 12.8. The minimum atomic E-state index is -1.09. The first-order valence-corrected chi connectivity index (χ1v) is 14.6. The van der Waals surface area contributed by atoms with Gasteiger partial charge in [0.25, 0.3) is 11.8 Å². The first kappa shape index (κ1) is 27.7. The molecule has 1 unspecified atom stereocenters. The van der Waals surface area contributed by atoms with Crippen molar-refractivity contribution in [1.82, 2.24) is 14.7 Å². The van der Waals surface area contributed by atoms with Crippen molar-refractivity contribution in [2.24, 2.45) is 0 Å². The van der Waals surface area contributed by atoms with E-state index in [1.807, 2.05) is 49.1 Å². The van der Waals surface area contributed by atoms with Gasteiger partial charge in [-0.05, 0) is 67.0 Å². The average Bonchev–Trinajstić information content (AvgIpc) is 3.22. The number of nitrogens with zero attached hydrogens (tertiary/aromatic N) is 3. The Labute approximate surface area is 240 Å². The van der Waals surface area contributed by atoms with Gasteiger partial charge in [-0.25, -0.2) is 4.79 Å². The van der Waals surface area contributed by atoms with E-state index in [0.29, 0.717) is 24.1 Å². The van der Waals surface area contributed by atoms with E-state index >= 15 is 0 Å². The van der Waals surface area contributed by atoms with Gasteiger partial charge in [0.1, 0.15) is 0 Å². The zero-order valence-corrected chi connectivity index (χ0v) is 24.0. The molecular formula is C32H39N3O6. The molecule has 0 aromatic heterocycles. The number of rotatable bonds is 5. The van der Waals surface area contributed by atoms with Gasteiger partial charge < -0.3 is 24.7 Å². The Morgan fingerprint density at radius 3 is 2.41 bits per heavy atom. The largest absolute Gasteiger partial charge is 0.465 e. The maximum absolute atomic E-state index is 13.7. The molecule has 5 atom stereocenters. The van der Waals surface area contributed by atoms with Crippen molar-refractivity contribution in [1.29, 1.82) is 0 Å². The smallest absolute Gasteiger partial charge is 0.407 e. The SMILES string of the molecule is COC1C[C@H]2CC[C@@H](C1)N2C(=O)c1ccc2c(c1)C(C)(C)CN(C[C@H](O)[C@@H]1Cc3ccccc3CN1C(=O)O)C2=O. The number of hydrogen-bond donors (Lipinski definition) is 2. The van der Waals surface area contributed by atoms with Gasteiger partial charge in [0.05, 0.1) is 18.2 Å². The zero-order chi connectivity index (χ0) is 29.1. The topological polar surface area (TPSA) is 111 Å². The van der Waals surface area contributed by atoms with Crippen molar-refractivity contribution in [2.45, 2.75) is 88.2 Å². The molecule has 2 aromatic rings. The molecule has 2 bridgehead atoms. The Bertz CT molecular complexity index is 1360.